The summed E-state index contributed by atoms with van der Waals surface area (Å²) >= 11 is 5.95. The van der Waals surface area contributed by atoms with Crippen molar-refractivity contribution in [2.45, 2.75) is 38.8 Å². The maximum Gasteiger partial charge on any atom is 0.407 e. The monoisotopic (exact) mass is 1870 g/mol. The van der Waals surface area contributed by atoms with E-state index in [1.165, 1.54) is 69.6 Å². The van der Waals surface area contributed by atoms with Crippen LogP contribution < -0.4 is 26.6 Å². The van der Waals surface area contributed by atoms with Gasteiger partial charge >= 0.3 is 6.09 Å². The van der Waals surface area contributed by atoms with Crippen LogP contribution in [-0.4, -0.2) is 216 Å². The number of morpholine rings is 1. The van der Waals surface area contributed by atoms with Gasteiger partial charge in [0, 0.05) is 188 Å². The van der Waals surface area contributed by atoms with Crippen LogP contribution in [0.3, 0.4) is 0 Å². The normalized spacial score (nSPS) is 14.9. The van der Waals surface area contributed by atoms with Crippen LogP contribution in [0, 0.1) is 11.6 Å². The Morgan fingerprint density at radius 1 is 0.363 bits per heavy atom. The molecule has 26 nitrogen and oxygen atoms in total. The van der Waals surface area contributed by atoms with Crippen molar-refractivity contribution >= 4 is 206 Å². The van der Waals surface area contributed by atoms with E-state index in [0.29, 0.717) is 90.7 Å². The predicted octanol–water partition coefficient (Wildman–Crippen LogP) is 21.0. The smallest absolute Gasteiger partial charge is 0.407 e. The van der Waals surface area contributed by atoms with E-state index in [-0.39, 0.29) is 41.3 Å². The first-order chi connectivity index (χ1) is 65.6. The third kappa shape index (κ3) is 21.1. The quantitative estimate of drug-likeness (QED) is 0.0637. The molecule has 4 saturated heterocycles. The maximum absolute atomic E-state index is 13.5. The topological polar surface area (TPSA) is 287 Å². The predicted molar refractivity (Wildman–Crippen MR) is 537 cm³/mol. The number of likely N-dealkylation sites (tertiary alicyclic amines) is 1. The number of anilines is 8. The first kappa shape index (κ1) is 89.7. The first-order valence-electron chi connectivity index (χ1n) is 44.4. The van der Waals surface area contributed by atoms with Crippen LogP contribution in [0.15, 0.2) is 255 Å². The van der Waals surface area contributed by atoms with Gasteiger partial charge in [0.1, 0.15) is 17.2 Å². The second-order valence-corrected chi connectivity index (χ2v) is 38.6. The average Bonchev–Trinajstić information content (AvgIpc) is 1.66. The molecular formula is C103H93F2N19O7S4. The summed E-state index contributed by atoms with van der Waals surface area (Å²) in [5.74, 6) is 1.30. The summed E-state index contributed by atoms with van der Waals surface area (Å²) in [6, 6.07) is 72.8. The summed E-state index contributed by atoms with van der Waals surface area (Å²) < 4.78 is 41.7. The SMILES string of the molecule is CC(C)(C)OC(=O)NC1CCN(C(=O)c2cc3c(ccc4cnc(Nc5cccc(-c6ccccc6)c5)nc43)s2)C1.CN1CCN(C(=O)c2cc3c(ccc4cnc(Nc5cccc(-c6ccccc6)c5)nc43)s2)CC1.CN1CCN(C(=O)c2cc3c(ccc4cnc(Nc5cccc(F)c5)nc43)s2)CC1.O=C(c1cc2c(ccc3cnc(Nc4cccc(F)c4)nc32)s1)N1CCOCC1. The third-order valence-electron chi connectivity index (χ3n) is 23.5. The number of benzene rings is 10. The van der Waals surface area contributed by atoms with Crippen molar-refractivity contribution in [3.05, 3.63) is 286 Å². The number of aromatic nitrogens is 8. The fourth-order valence-electron chi connectivity index (χ4n) is 16.5. The Bertz CT molecular complexity index is 7490. The lowest BCUT2D eigenvalue weighted by Gasteiger charge is -2.32. The van der Waals surface area contributed by atoms with Gasteiger partial charge in [0.2, 0.25) is 23.8 Å². The number of hydrogen-bond acceptors (Lipinski definition) is 25. The molecule has 22 rings (SSSR count). The molecule has 4 aliphatic heterocycles. The van der Waals surface area contributed by atoms with Crippen molar-refractivity contribution in [3.8, 4) is 22.3 Å². The Labute approximate surface area is 791 Å². The molecule has 0 saturated carbocycles. The molecule has 5 amide bonds. The summed E-state index contributed by atoms with van der Waals surface area (Å²) in [4.78, 5) is 116. The van der Waals surface area contributed by atoms with E-state index in [1.54, 1.807) is 47.8 Å². The highest BCUT2D eigenvalue weighted by Crippen LogP contribution is 2.39. The molecule has 5 N–H and O–H groups in total. The van der Waals surface area contributed by atoms with Crippen LogP contribution in [0.1, 0.15) is 65.9 Å². The molecule has 10 aromatic carbocycles. The summed E-state index contributed by atoms with van der Waals surface area (Å²) in [6.07, 6.45) is 7.34. The van der Waals surface area contributed by atoms with Gasteiger partial charge in [0.05, 0.1) is 60.8 Å². The number of nitrogens with zero attached hydrogens (tertiary/aromatic N) is 14. The van der Waals surface area contributed by atoms with Gasteiger partial charge in [-0.2, -0.15) is 0 Å². The fraction of sp³-hybridized carbons (Fsp3) is 0.214. The molecule has 0 bridgehead atoms. The average molecular weight is 1880 g/mol. The summed E-state index contributed by atoms with van der Waals surface area (Å²) in [6.45, 7) is 15.5. The molecule has 32 heteroatoms. The zero-order chi connectivity index (χ0) is 92.8. The summed E-state index contributed by atoms with van der Waals surface area (Å²) in [7, 11) is 4.17. The zero-order valence-electron chi connectivity index (χ0n) is 74.4. The maximum atomic E-state index is 13.5. The van der Waals surface area contributed by atoms with E-state index >= 15 is 0 Å². The minimum Gasteiger partial charge on any atom is -0.444 e. The summed E-state index contributed by atoms with van der Waals surface area (Å²) in [5, 5.41) is 23.1. The number of ether oxygens (including phenoxy) is 2. The van der Waals surface area contributed by atoms with Gasteiger partial charge in [-0.15, -0.1) is 45.3 Å². The number of rotatable bonds is 15. The van der Waals surface area contributed by atoms with E-state index in [0.717, 1.165) is 180 Å². The lowest BCUT2D eigenvalue weighted by atomic mass is 10.1. The minimum atomic E-state index is -0.566. The molecule has 4 aliphatic rings. The molecule has 1 unspecified atom stereocenters. The molecule has 135 heavy (non-hydrogen) atoms. The number of piperazine rings is 2. The molecule has 0 aliphatic carbocycles. The molecule has 0 spiro atoms. The van der Waals surface area contributed by atoms with Gasteiger partial charge in [0.25, 0.3) is 23.6 Å². The number of carbonyl (C=O) groups is 5. The number of alkyl carbamates (subject to hydrolysis) is 1. The van der Waals surface area contributed by atoms with Gasteiger partial charge < -0.3 is 65.5 Å². The third-order valence-corrected chi connectivity index (χ3v) is 27.9. The van der Waals surface area contributed by atoms with E-state index in [2.05, 4.69) is 135 Å². The second-order valence-electron chi connectivity index (χ2n) is 34.3. The van der Waals surface area contributed by atoms with E-state index in [9.17, 15) is 32.8 Å². The van der Waals surface area contributed by atoms with Gasteiger partial charge in [-0.1, -0.05) is 97.1 Å². The van der Waals surface area contributed by atoms with Crippen molar-refractivity contribution < 1.29 is 42.2 Å². The van der Waals surface area contributed by atoms with Crippen molar-refractivity contribution in [1.82, 2.24) is 74.6 Å². The Morgan fingerprint density at radius 2 is 0.681 bits per heavy atom. The Hall–Kier alpha value is -14.5. The molecular weight excluding hydrogens is 1780 g/mol. The van der Waals surface area contributed by atoms with E-state index < -0.39 is 11.7 Å². The number of nitrogens with one attached hydrogen (secondary N) is 5. The van der Waals surface area contributed by atoms with Crippen LogP contribution in [0.5, 0.6) is 0 Å². The van der Waals surface area contributed by atoms with Crippen molar-refractivity contribution in [2.24, 2.45) is 0 Å². The van der Waals surface area contributed by atoms with Crippen molar-refractivity contribution in [1.29, 1.82) is 0 Å². The minimum absolute atomic E-state index is 0.0230. The highest BCUT2D eigenvalue weighted by Gasteiger charge is 2.32. The molecule has 0 radical (unpaired) electrons. The van der Waals surface area contributed by atoms with Gasteiger partial charge in [0.15, 0.2) is 0 Å². The van der Waals surface area contributed by atoms with Crippen molar-refractivity contribution in [2.75, 3.05) is 127 Å². The standard InChI is InChI=1S/C32H31N5O3S.C28H25N5OS.C22H20FN5OS.C21H17FN4O2S/c1-32(2,3)40-31(39)35-24-14-15-37(19-24)29(38)27-17-25-26(41-27)13-12-22-18-33-30(36-28(22)25)34-23-11-7-10-21(16-23)20-8-5-4-6-9-20;1-32-12-14-33(15-13-32)27(34)25-17-23-24(35-25)11-10-21-18-29-28(31-26(21)23)30-22-9-5-8-20(16-22)19-6-3-2-4-7-19;1-27-7-9-28(10-8-27)21(29)19-12-17-18(30-19)6-5-14-13-24-22(26-20(14)17)25-16-4-2-3-15(23)11-16;22-14-2-1-3-15(10-14)24-21-23-12-13-4-5-17-16(19(13)25-21)11-18(29-17)20(27)26-6-8-28-9-7-26/h4-13,16-18,24H,14-15,19H2,1-3H3,(H,35,39)(H,33,34,36);2-11,16-18H,12-15H2,1H3,(H,29,30,31);2-6,11-13H,7-10H2,1H3,(H,24,25,26);1-5,10-12H,6-9H2,(H,23,24,25). The van der Waals surface area contributed by atoms with Gasteiger partial charge in [-0.3, -0.25) is 19.2 Å². The number of amides is 5. The molecule has 680 valence electrons. The highest BCUT2D eigenvalue weighted by molar-refractivity contribution is 7.22. The van der Waals surface area contributed by atoms with Crippen LogP contribution >= 0.6 is 45.3 Å². The molecule has 1 atom stereocenters. The first-order valence-corrected chi connectivity index (χ1v) is 47.7. The number of fused-ring (bicyclic) bond motifs is 12. The lowest BCUT2D eigenvalue weighted by molar-refractivity contribution is 0.0306. The number of halogens is 2. The Balaban J connectivity index is 0.000000117. The molecule has 18 aromatic rings. The molecule has 12 heterocycles. The molecule has 4 fully saturated rings. The number of carbonyl (C=O) groups excluding carboxylic acids is 5. The van der Waals surface area contributed by atoms with Crippen LogP contribution in [0.4, 0.5) is 60.1 Å². The van der Waals surface area contributed by atoms with Gasteiger partial charge in [-0.25, -0.2) is 53.4 Å². The second kappa shape index (κ2) is 39.7. The largest absolute Gasteiger partial charge is 0.444 e. The Kier molecular flexibility index (Phi) is 26.4. The number of hydrogen-bond donors (Lipinski definition) is 5. The molecule has 8 aromatic heterocycles. The van der Waals surface area contributed by atoms with Crippen LogP contribution in [0.2, 0.25) is 0 Å². The van der Waals surface area contributed by atoms with E-state index in [4.69, 9.17) is 19.4 Å². The highest BCUT2D eigenvalue weighted by atomic mass is 32.1. The van der Waals surface area contributed by atoms with Crippen LogP contribution in [0.25, 0.3) is 106 Å². The Morgan fingerprint density at radius 3 is 1.02 bits per heavy atom. The fourth-order valence-corrected chi connectivity index (χ4v) is 20.6. The summed E-state index contributed by atoms with van der Waals surface area (Å²) in [5.41, 5.74) is 10.1. The van der Waals surface area contributed by atoms with E-state index in [1.807, 2.05) is 169 Å². The van der Waals surface area contributed by atoms with Crippen molar-refractivity contribution in [3.63, 3.8) is 0 Å². The number of thiophene rings is 4. The zero-order valence-corrected chi connectivity index (χ0v) is 77.7. The number of likely N-dealkylation sites (N-methyl/N-ethyl adjacent to an activating group) is 2. The lowest BCUT2D eigenvalue weighted by Crippen LogP contribution is -2.46. The van der Waals surface area contributed by atoms with Gasteiger partial charge in [-0.05, 0) is 197 Å². The van der Waals surface area contributed by atoms with Crippen LogP contribution in [-0.2, 0) is 9.47 Å².